The Hall–Kier alpha value is -3.89. The molecule has 2 aromatic rings. The van der Waals surface area contributed by atoms with Crippen LogP contribution in [0.3, 0.4) is 0 Å². The molecule has 2 aromatic carbocycles. The number of hydrogen-bond donors (Lipinski definition) is 3. The molecule has 1 unspecified atom stereocenters. The van der Waals surface area contributed by atoms with Crippen LogP contribution in [0.2, 0.25) is 5.02 Å². The lowest BCUT2D eigenvalue weighted by Gasteiger charge is -2.29. The minimum absolute atomic E-state index is 0.0154. The SMILES string of the molecule is CC(C)CC1OC(=O)C(C)(C)CNC(=O)[C@@H](Cc2ccc(O)c(Cl)c2)NC(=O)/C=C/C[C@@H]([C@H](C)[C@H]2O[C@@H]2c2ccccc2)OC1=O. The molecule has 2 aliphatic heterocycles. The lowest BCUT2D eigenvalue weighted by Crippen LogP contribution is -2.51. The summed E-state index contributed by atoms with van der Waals surface area (Å²) < 4.78 is 17.8. The standard InChI is InChI=1S/C35H43ClN2O8/c1-20(2)16-28-33(42)44-27(21(3)30-31(46-30)23-10-7-6-8-11-23)12-9-13-29(40)38-25(18-22-14-15-26(39)24(36)17-22)32(41)37-19-35(4,5)34(43)45-28/h6-11,13-15,17,20-21,25,27-28,30-31,39H,12,16,18-19H2,1-5H3,(H,37,41)(H,38,40)/b13-9+/t21-,25+,27-,28?,30+,31+/m0/s1. The van der Waals surface area contributed by atoms with Gasteiger partial charge < -0.3 is 30.0 Å². The van der Waals surface area contributed by atoms with Crippen LogP contribution in [0.4, 0.5) is 0 Å². The predicted molar refractivity (Wildman–Crippen MR) is 172 cm³/mol. The fourth-order valence-electron chi connectivity index (χ4n) is 5.31. The number of phenolic OH excluding ortho intramolecular Hbond substituents is 1. The highest BCUT2D eigenvalue weighted by molar-refractivity contribution is 6.32. The molecule has 0 saturated carbocycles. The van der Waals surface area contributed by atoms with Crippen molar-refractivity contribution < 1.29 is 38.5 Å². The lowest BCUT2D eigenvalue weighted by molar-refractivity contribution is -0.179. The maximum atomic E-state index is 13.5. The van der Waals surface area contributed by atoms with Crippen LogP contribution >= 0.6 is 11.6 Å². The molecule has 2 heterocycles. The minimum atomic E-state index is -1.21. The zero-order valence-corrected chi connectivity index (χ0v) is 27.6. The van der Waals surface area contributed by atoms with Crippen LogP contribution in [0.1, 0.15) is 64.7 Å². The number of rotatable bonds is 7. The van der Waals surface area contributed by atoms with E-state index >= 15 is 0 Å². The van der Waals surface area contributed by atoms with E-state index in [9.17, 15) is 24.3 Å². The minimum Gasteiger partial charge on any atom is -0.506 e. The van der Waals surface area contributed by atoms with E-state index in [1.165, 1.54) is 18.2 Å². The first-order valence-electron chi connectivity index (χ1n) is 15.6. The number of halogens is 1. The Morgan fingerprint density at radius 1 is 1.02 bits per heavy atom. The number of ether oxygens (including phenoxy) is 3. The molecular weight excluding hydrogens is 612 g/mol. The number of nitrogens with one attached hydrogen (secondary N) is 2. The second-order valence-electron chi connectivity index (χ2n) is 13.1. The Balaban J connectivity index is 1.61. The zero-order chi connectivity index (χ0) is 33.6. The van der Waals surface area contributed by atoms with Gasteiger partial charge in [-0.25, -0.2) is 4.79 Å². The van der Waals surface area contributed by atoms with Gasteiger partial charge >= 0.3 is 11.9 Å². The fourth-order valence-corrected chi connectivity index (χ4v) is 5.51. The van der Waals surface area contributed by atoms with Crippen LogP contribution in [0, 0.1) is 17.3 Å². The van der Waals surface area contributed by atoms with Crippen molar-refractivity contribution in [1.29, 1.82) is 0 Å². The molecule has 2 amide bonds. The summed E-state index contributed by atoms with van der Waals surface area (Å²) in [4.78, 5) is 53.4. The second-order valence-corrected chi connectivity index (χ2v) is 13.5. The Kier molecular flexibility index (Phi) is 11.5. The van der Waals surface area contributed by atoms with Crippen LogP contribution in [-0.4, -0.2) is 59.8 Å². The fraction of sp³-hybridized carbons (Fsp3) is 0.486. The number of phenols is 1. The van der Waals surface area contributed by atoms with Gasteiger partial charge in [0.05, 0.1) is 16.5 Å². The van der Waals surface area contributed by atoms with Gasteiger partial charge in [0.1, 0.15) is 24.0 Å². The molecule has 3 N–H and O–H groups in total. The molecule has 1 fully saturated rings. The molecule has 0 bridgehead atoms. The molecule has 248 valence electrons. The number of epoxide rings is 1. The molecule has 11 heteroatoms. The van der Waals surface area contributed by atoms with Gasteiger partial charge in [0, 0.05) is 25.3 Å². The molecule has 0 aliphatic carbocycles. The first-order chi connectivity index (χ1) is 21.7. The predicted octanol–water partition coefficient (Wildman–Crippen LogP) is 4.82. The van der Waals surface area contributed by atoms with E-state index in [2.05, 4.69) is 10.6 Å². The molecule has 46 heavy (non-hydrogen) atoms. The molecule has 10 nitrogen and oxygen atoms in total. The summed E-state index contributed by atoms with van der Waals surface area (Å²) in [5.41, 5.74) is 0.410. The van der Waals surface area contributed by atoms with Gasteiger partial charge in [-0.1, -0.05) is 74.8 Å². The summed E-state index contributed by atoms with van der Waals surface area (Å²) in [6, 6.07) is 13.3. The second kappa shape index (κ2) is 15.1. The van der Waals surface area contributed by atoms with Crippen molar-refractivity contribution in [3.8, 4) is 5.75 Å². The summed E-state index contributed by atoms with van der Waals surface area (Å²) >= 11 is 6.08. The number of cyclic esters (lactones) is 2. The molecular formula is C35H43ClN2O8. The summed E-state index contributed by atoms with van der Waals surface area (Å²) in [5.74, 6) is -2.75. The van der Waals surface area contributed by atoms with Gasteiger partial charge in [0.15, 0.2) is 6.10 Å². The van der Waals surface area contributed by atoms with Crippen LogP contribution in [0.25, 0.3) is 0 Å². The van der Waals surface area contributed by atoms with E-state index in [1.54, 1.807) is 26.0 Å². The van der Waals surface area contributed by atoms with Crippen LogP contribution in [0.15, 0.2) is 60.7 Å². The Bertz CT molecular complexity index is 1440. The highest BCUT2D eigenvalue weighted by Gasteiger charge is 2.48. The Morgan fingerprint density at radius 2 is 1.74 bits per heavy atom. The summed E-state index contributed by atoms with van der Waals surface area (Å²) in [6.07, 6.45) is 1.18. The van der Waals surface area contributed by atoms with Gasteiger partial charge in [-0.2, -0.15) is 0 Å². The largest absolute Gasteiger partial charge is 0.506 e. The smallest absolute Gasteiger partial charge is 0.347 e. The maximum Gasteiger partial charge on any atom is 0.347 e. The Morgan fingerprint density at radius 3 is 2.41 bits per heavy atom. The summed E-state index contributed by atoms with van der Waals surface area (Å²) in [5, 5.41) is 15.4. The topological polar surface area (TPSA) is 144 Å². The molecule has 4 rings (SSSR count). The summed E-state index contributed by atoms with van der Waals surface area (Å²) in [6.45, 7) is 8.84. The molecule has 1 saturated heterocycles. The van der Waals surface area contributed by atoms with Crippen molar-refractivity contribution >= 4 is 35.4 Å². The highest BCUT2D eigenvalue weighted by atomic mass is 35.5. The third-order valence-corrected chi connectivity index (χ3v) is 8.51. The van der Waals surface area contributed by atoms with Gasteiger partial charge in [-0.05, 0) is 55.5 Å². The Labute approximate surface area is 274 Å². The average Bonchev–Trinajstić information content (AvgIpc) is 3.81. The molecule has 6 atom stereocenters. The van der Waals surface area contributed by atoms with Gasteiger partial charge in [0.25, 0.3) is 0 Å². The zero-order valence-electron chi connectivity index (χ0n) is 26.8. The molecule has 0 aromatic heterocycles. The lowest BCUT2D eigenvalue weighted by atomic mass is 9.92. The number of aromatic hydroxyl groups is 1. The number of amides is 2. The first-order valence-corrected chi connectivity index (χ1v) is 16.0. The van der Waals surface area contributed by atoms with E-state index in [1.807, 2.05) is 51.1 Å². The number of hydrogen-bond acceptors (Lipinski definition) is 8. The molecule has 0 spiro atoms. The van der Waals surface area contributed by atoms with Crippen molar-refractivity contribution in [3.63, 3.8) is 0 Å². The highest BCUT2D eigenvalue weighted by Crippen LogP contribution is 2.45. The van der Waals surface area contributed by atoms with E-state index in [0.717, 1.165) is 5.56 Å². The van der Waals surface area contributed by atoms with Crippen molar-refractivity contribution in [2.75, 3.05) is 6.54 Å². The number of carbonyl (C=O) groups is 4. The van der Waals surface area contributed by atoms with Crippen LogP contribution in [-0.2, 0) is 39.8 Å². The van der Waals surface area contributed by atoms with E-state index in [0.29, 0.717) is 5.56 Å². The molecule has 2 aliphatic rings. The number of carbonyl (C=O) groups excluding carboxylic acids is 4. The van der Waals surface area contributed by atoms with Crippen LogP contribution in [0.5, 0.6) is 5.75 Å². The third-order valence-electron chi connectivity index (χ3n) is 8.20. The van der Waals surface area contributed by atoms with Crippen molar-refractivity contribution in [3.05, 3.63) is 76.8 Å². The van der Waals surface area contributed by atoms with Gasteiger partial charge in [0.2, 0.25) is 11.8 Å². The molecule has 0 radical (unpaired) electrons. The van der Waals surface area contributed by atoms with Gasteiger partial charge in [-0.15, -0.1) is 0 Å². The first kappa shape index (κ1) is 35.0. The van der Waals surface area contributed by atoms with Crippen LogP contribution < -0.4 is 10.6 Å². The van der Waals surface area contributed by atoms with E-state index < -0.39 is 47.4 Å². The monoisotopic (exact) mass is 654 g/mol. The quantitative estimate of drug-likeness (QED) is 0.285. The van der Waals surface area contributed by atoms with Crippen molar-refractivity contribution in [1.82, 2.24) is 10.6 Å². The third kappa shape index (κ3) is 9.33. The number of benzene rings is 2. The van der Waals surface area contributed by atoms with Crippen molar-refractivity contribution in [2.24, 2.45) is 17.3 Å². The maximum absolute atomic E-state index is 13.5. The van der Waals surface area contributed by atoms with Gasteiger partial charge in [-0.3, -0.25) is 14.4 Å². The van der Waals surface area contributed by atoms with E-state index in [4.69, 9.17) is 25.8 Å². The van der Waals surface area contributed by atoms with Crippen molar-refractivity contribution in [2.45, 2.75) is 84.3 Å². The normalized spacial score (nSPS) is 27.2. The number of esters is 2. The average molecular weight is 655 g/mol. The van der Waals surface area contributed by atoms with E-state index in [-0.39, 0.29) is 60.6 Å². The summed E-state index contributed by atoms with van der Waals surface area (Å²) in [7, 11) is 0.